The number of nitrogens with zero attached hydrogens (tertiary/aromatic N) is 2. The van der Waals surface area contributed by atoms with Crippen molar-refractivity contribution in [2.24, 2.45) is 0 Å². The minimum Gasteiger partial charge on any atom is -0.488 e. The van der Waals surface area contributed by atoms with Gasteiger partial charge in [-0.05, 0) is 38.5 Å². The summed E-state index contributed by atoms with van der Waals surface area (Å²) in [5, 5.41) is 5.36. The van der Waals surface area contributed by atoms with E-state index in [9.17, 15) is 4.79 Å². The Morgan fingerprint density at radius 1 is 1.18 bits per heavy atom. The van der Waals surface area contributed by atoms with Gasteiger partial charge in [0.2, 0.25) is 0 Å². The maximum atomic E-state index is 11.7. The molecule has 0 radical (unpaired) electrons. The van der Waals surface area contributed by atoms with E-state index in [1.807, 2.05) is 45.0 Å². The molecule has 0 fully saturated rings. The molecule has 0 aliphatic rings. The molecule has 6 nitrogen and oxygen atoms in total. The molecule has 2 rings (SSSR count). The Bertz CT molecular complexity index is 606. The van der Waals surface area contributed by atoms with Crippen molar-refractivity contribution >= 4 is 11.8 Å². The first-order valence-corrected chi connectivity index (χ1v) is 7.01. The summed E-state index contributed by atoms with van der Waals surface area (Å²) in [6, 6.07) is 7.30. The highest BCUT2D eigenvalue weighted by Crippen LogP contribution is 2.18. The lowest BCUT2D eigenvalue weighted by atomic mass is 10.1. The zero-order valence-corrected chi connectivity index (χ0v) is 13.0. The second kappa shape index (κ2) is 6.89. The Labute approximate surface area is 129 Å². The predicted octanol–water partition coefficient (Wildman–Crippen LogP) is 2.98. The van der Waals surface area contributed by atoms with E-state index in [-0.39, 0.29) is 11.6 Å². The van der Waals surface area contributed by atoms with E-state index in [4.69, 9.17) is 4.74 Å². The van der Waals surface area contributed by atoms with Crippen LogP contribution < -0.4 is 15.4 Å². The van der Waals surface area contributed by atoms with Crippen LogP contribution in [-0.4, -0.2) is 21.6 Å². The third kappa shape index (κ3) is 5.40. The third-order valence-electron chi connectivity index (χ3n) is 2.61. The van der Waals surface area contributed by atoms with E-state index in [0.717, 1.165) is 11.3 Å². The van der Waals surface area contributed by atoms with Crippen molar-refractivity contribution < 1.29 is 9.53 Å². The van der Waals surface area contributed by atoms with E-state index < -0.39 is 0 Å². The van der Waals surface area contributed by atoms with Crippen molar-refractivity contribution in [2.75, 3.05) is 5.32 Å². The normalized spacial score (nSPS) is 10.9. The van der Waals surface area contributed by atoms with Gasteiger partial charge in [0.1, 0.15) is 11.4 Å². The molecule has 1 aromatic heterocycles. The van der Waals surface area contributed by atoms with Gasteiger partial charge in [0, 0.05) is 18.9 Å². The minimum atomic E-state index is -0.324. The van der Waals surface area contributed by atoms with Crippen LogP contribution in [0.2, 0.25) is 0 Å². The number of urea groups is 1. The number of amides is 2. The molecule has 0 atom stereocenters. The highest BCUT2D eigenvalue weighted by molar-refractivity contribution is 5.87. The van der Waals surface area contributed by atoms with Crippen molar-refractivity contribution in [1.29, 1.82) is 0 Å². The van der Waals surface area contributed by atoms with Crippen LogP contribution in [0.1, 0.15) is 26.3 Å². The Kier molecular flexibility index (Phi) is 4.93. The van der Waals surface area contributed by atoms with Gasteiger partial charge in [0.15, 0.2) is 5.82 Å². The van der Waals surface area contributed by atoms with Crippen LogP contribution in [-0.2, 0) is 6.54 Å². The summed E-state index contributed by atoms with van der Waals surface area (Å²) in [5.74, 6) is 1.22. The maximum absolute atomic E-state index is 11.7. The molecule has 0 saturated heterocycles. The van der Waals surface area contributed by atoms with Crippen molar-refractivity contribution in [3.05, 3.63) is 48.4 Å². The SMILES string of the molecule is CC(C)(C)Oc1ccc(CNC(=O)Nc2cnccn2)cc1. The molecule has 0 saturated carbocycles. The summed E-state index contributed by atoms with van der Waals surface area (Å²) in [6.45, 7) is 6.42. The number of nitrogens with one attached hydrogen (secondary N) is 2. The van der Waals surface area contributed by atoms with Crippen LogP contribution in [0.25, 0.3) is 0 Å². The molecule has 116 valence electrons. The molecular formula is C16H20N4O2. The second-order valence-electron chi connectivity index (χ2n) is 5.76. The fraction of sp³-hybridized carbons (Fsp3) is 0.312. The van der Waals surface area contributed by atoms with Crippen LogP contribution in [0.5, 0.6) is 5.75 Å². The monoisotopic (exact) mass is 300 g/mol. The van der Waals surface area contributed by atoms with Crippen molar-refractivity contribution in [1.82, 2.24) is 15.3 Å². The number of benzene rings is 1. The lowest BCUT2D eigenvalue weighted by Crippen LogP contribution is -2.28. The quantitative estimate of drug-likeness (QED) is 0.910. The van der Waals surface area contributed by atoms with Gasteiger partial charge in [-0.25, -0.2) is 9.78 Å². The first kappa shape index (κ1) is 15.8. The zero-order valence-electron chi connectivity index (χ0n) is 13.0. The average Bonchev–Trinajstić information content (AvgIpc) is 2.46. The number of aromatic nitrogens is 2. The van der Waals surface area contributed by atoms with Crippen LogP contribution in [0.4, 0.5) is 10.6 Å². The van der Waals surface area contributed by atoms with Gasteiger partial charge in [0.25, 0.3) is 0 Å². The Balaban J connectivity index is 1.83. The summed E-state index contributed by atoms with van der Waals surface area (Å²) in [6.07, 6.45) is 4.55. The van der Waals surface area contributed by atoms with Crippen molar-refractivity contribution in [2.45, 2.75) is 32.9 Å². The average molecular weight is 300 g/mol. The number of hydrogen-bond donors (Lipinski definition) is 2. The highest BCUT2D eigenvalue weighted by Gasteiger charge is 2.11. The van der Waals surface area contributed by atoms with Crippen molar-refractivity contribution in [3.8, 4) is 5.75 Å². The largest absolute Gasteiger partial charge is 0.488 e. The van der Waals surface area contributed by atoms with E-state index in [1.54, 1.807) is 6.20 Å². The second-order valence-corrected chi connectivity index (χ2v) is 5.76. The standard InChI is InChI=1S/C16H20N4O2/c1-16(2,3)22-13-6-4-12(5-7-13)10-19-15(21)20-14-11-17-8-9-18-14/h4-9,11H,10H2,1-3H3,(H2,18,19,20,21). The number of hydrogen-bond acceptors (Lipinski definition) is 4. The van der Waals surface area contributed by atoms with Gasteiger partial charge in [-0.15, -0.1) is 0 Å². The molecule has 1 heterocycles. The lowest BCUT2D eigenvalue weighted by molar-refractivity contribution is 0.131. The maximum Gasteiger partial charge on any atom is 0.320 e. The molecule has 1 aromatic carbocycles. The van der Waals surface area contributed by atoms with Crippen LogP contribution in [0, 0.1) is 0 Å². The summed E-state index contributed by atoms with van der Waals surface area (Å²) >= 11 is 0. The smallest absolute Gasteiger partial charge is 0.320 e. The summed E-state index contributed by atoms with van der Waals surface area (Å²) in [7, 11) is 0. The third-order valence-corrected chi connectivity index (χ3v) is 2.61. The lowest BCUT2D eigenvalue weighted by Gasteiger charge is -2.21. The van der Waals surface area contributed by atoms with Gasteiger partial charge in [-0.1, -0.05) is 12.1 Å². The molecule has 6 heteroatoms. The molecule has 2 amide bonds. The van der Waals surface area contributed by atoms with E-state index in [0.29, 0.717) is 12.4 Å². The zero-order chi connectivity index (χ0) is 16.0. The van der Waals surface area contributed by atoms with Gasteiger partial charge < -0.3 is 10.1 Å². The number of carbonyl (C=O) groups excluding carboxylic acids is 1. The highest BCUT2D eigenvalue weighted by atomic mass is 16.5. The van der Waals surface area contributed by atoms with Gasteiger partial charge >= 0.3 is 6.03 Å². The molecule has 2 aromatic rings. The first-order chi connectivity index (χ1) is 10.4. The number of ether oxygens (including phenoxy) is 1. The Morgan fingerprint density at radius 3 is 2.50 bits per heavy atom. The van der Waals surface area contributed by atoms with Crippen LogP contribution in [0.15, 0.2) is 42.9 Å². The van der Waals surface area contributed by atoms with E-state index >= 15 is 0 Å². The van der Waals surface area contributed by atoms with Crippen LogP contribution in [0.3, 0.4) is 0 Å². The minimum absolute atomic E-state index is 0.226. The van der Waals surface area contributed by atoms with E-state index in [2.05, 4.69) is 20.6 Å². The summed E-state index contributed by atoms with van der Waals surface area (Å²) in [4.78, 5) is 19.6. The summed E-state index contributed by atoms with van der Waals surface area (Å²) < 4.78 is 5.75. The molecule has 0 aliphatic carbocycles. The molecule has 0 bridgehead atoms. The summed E-state index contributed by atoms with van der Waals surface area (Å²) in [5.41, 5.74) is 0.756. The molecule has 2 N–H and O–H groups in total. The Morgan fingerprint density at radius 2 is 1.91 bits per heavy atom. The molecular weight excluding hydrogens is 280 g/mol. The van der Waals surface area contributed by atoms with Crippen LogP contribution >= 0.6 is 0 Å². The van der Waals surface area contributed by atoms with Crippen molar-refractivity contribution in [3.63, 3.8) is 0 Å². The topological polar surface area (TPSA) is 76.1 Å². The fourth-order valence-corrected chi connectivity index (χ4v) is 1.74. The predicted molar refractivity (Wildman–Crippen MR) is 84.7 cm³/mol. The molecule has 0 unspecified atom stereocenters. The number of anilines is 1. The first-order valence-electron chi connectivity index (χ1n) is 7.01. The van der Waals surface area contributed by atoms with Gasteiger partial charge in [-0.2, -0.15) is 0 Å². The Hall–Kier alpha value is -2.63. The molecule has 22 heavy (non-hydrogen) atoms. The molecule has 0 spiro atoms. The number of rotatable bonds is 4. The molecule has 0 aliphatic heterocycles. The fourth-order valence-electron chi connectivity index (χ4n) is 1.74. The van der Waals surface area contributed by atoms with Gasteiger partial charge in [0.05, 0.1) is 6.20 Å². The number of carbonyl (C=O) groups is 1. The van der Waals surface area contributed by atoms with Gasteiger partial charge in [-0.3, -0.25) is 10.3 Å². The van der Waals surface area contributed by atoms with E-state index in [1.165, 1.54) is 12.4 Å².